The average molecular weight is 340 g/mol. The van der Waals surface area contributed by atoms with Crippen LogP contribution in [0.2, 0.25) is 0 Å². The van der Waals surface area contributed by atoms with Crippen molar-refractivity contribution >= 4 is 11.6 Å². The zero-order valence-corrected chi connectivity index (χ0v) is 15.8. The van der Waals surface area contributed by atoms with E-state index in [4.69, 9.17) is 4.74 Å². The summed E-state index contributed by atoms with van der Waals surface area (Å²) in [5, 5.41) is 3.07. The van der Waals surface area contributed by atoms with E-state index in [1.807, 2.05) is 82.1 Å². The minimum atomic E-state index is -0.231. The molecule has 1 N–H and O–H groups in total. The minimum Gasteiger partial charge on any atom is -0.494 e. The Morgan fingerprint density at radius 3 is 2.28 bits per heavy atom. The summed E-state index contributed by atoms with van der Waals surface area (Å²) in [6, 6.07) is 13.8. The van der Waals surface area contributed by atoms with Gasteiger partial charge < -0.3 is 10.1 Å². The predicted octanol–water partition coefficient (Wildman–Crippen LogP) is 4.16. The molecule has 0 saturated heterocycles. The van der Waals surface area contributed by atoms with Crippen LogP contribution in [0.4, 0.5) is 5.69 Å². The second kappa shape index (κ2) is 8.67. The molecule has 0 bridgehead atoms. The van der Waals surface area contributed by atoms with Gasteiger partial charge in [0.2, 0.25) is 5.91 Å². The zero-order valence-electron chi connectivity index (χ0n) is 15.8. The lowest BCUT2D eigenvalue weighted by Gasteiger charge is -2.25. The largest absolute Gasteiger partial charge is 0.494 e. The molecule has 25 heavy (non-hydrogen) atoms. The minimum absolute atomic E-state index is 0.00540. The smallest absolute Gasteiger partial charge is 0.241 e. The van der Waals surface area contributed by atoms with Gasteiger partial charge in [-0.25, -0.2) is 0 Å². The predicted molar refractivity (Wildman–Crippen MR) is 103 cm³/mol. The molecule has 0 aliphatic heterocycles. The van der Waals surface area contributed by atoms with Gasteiger partial charge in [0.05, 0.1) is 12.6 Å². The fourth-order valence-electron chi connectivity index (χ4n) is 2.72. The van der Waals surface area contributed by atoms with Crippen LogP contribution in [0.5, 0.6) is 5.75 Å². The molecule has 2 rings (SSSR count). The Balaban J connectivity index is 1.98. The van der Waals surface area contributed by atoms with Crippen LogP contribution < -0.4 is 10.1 Å². The van der Waals surface area contributed by atoms with Gasteiger partial charge in [-0.05, 0) is 63.6 Å². The first kappa shape index (κ1) is 19.0. The molecule has 0 fully saturated rings. The summed E-state index contributed by atoms with van der Waals surface area (Å²) in [6.07, 6.45) is 0. The van der Waals surface area contributed by atoms with Crippen LogP contribution >= 0.6 is 0 Å². The summed E-state index contributed by atoms with van der Waals surface area (Å²) in [6.45, 7) is 9.28. The number of hydrogen-bond donors (Lipinski definition) is 1. The van der Waals surface area contributed by atoms with E-state index in [2.05, 4.69) is 5.32 Å². The van der Waals surface area contributed by atoms with E-state index in [1.165, 1.54) is 0 Å². The van der Waals surface area contributed by atoms with Crippen LogP contribution in [-0.2, 0) is 11.3 Å². The van der Waals surface area contributed by atoms with Crippen LogP contribution in [-0.4, -0.2) is 30.5 Å². The van der Waals surface area contributed by atoms with Crippen molar-refractivity contribution in [2.45, 2.75) is 40.3 Å². The normalized spacial score (nSPS) is 12.1. The Kier molecular flexibility index (Phi) is 6.59. The molecule has 0 unspecified atom stereocenters. The fraction of sp³-hybridized carbons (Fsp3) is 0.381. The van der Waals surface area contributed by atoms with Crippen molar-refractivity contribution in [3.63, 3.8) is 0 Å². The monoisotopic (exact) mass is 340 g/mol. The lowest BCUT2D eigenvalue weighted by Crippen LogP contribution is -2.39. The highest BCUT2D eigenvalue weighted by molar-refractivity contribution is 5.95. The number of nitrogens with zero attached hydrogens (tertiary/aromatic N) is 1. The van der Waals surface area contributed by atoms with E-state index < -0.39 is 0 Å². The summed E-state index contributed by atoms with van der Waals surface area (Å²) in [5.74, 6) is 0.876. The molecular weight excluding hydrogens is 312 g/mol. The molecular formula is C21H28N2O2. The van der Waals surface area contributed by atoms with E-state index in [1.54, 1.807) is 0 Å². The Bertz CT molecular complexity index is 690. The van der Waals surface area contributed by atoms with Gasteiger partial charge in [-0.1, -0.05) is 30.3 Å². The van der Waals surface area contributed by atoms with Crippen molar-refractivity contribution in [3.05, 3.63) is 59.2 Å². The van der Waals surface area contributed by atoms with Gasteiger partial charge in [-0.3, -0.25) is 9.69 Å². The lowest BCUT2D eigenvalue weighted by atomic mass is 10.1. The molecule has 0 saturated carbocycles. The maximum atomic E-state index is 12.6. The number of benzene rings is 2. The van der Waals surface area contributed by atoms with Crippen molar-refractivity contribution in [2.75, 3.05) is 19.0 Å². The number of rotatable bonds is 7. The van der Waals surface area contributed by atoms with Crippen molar-refractivity contribution in [2.24, 2.45) is 0 Å². The van der Waals surface area contributed by atoms with E-state index in [0.29, 0.717) is 13.2 Å². The number of carbonyl (C=O) groups is 1. The number of aryl methyl sites for hydroxylation is 2. The summed E-state index contributed by atoms with van der Waals surface area (Å²) < 4.78 is 5.46. The highest BCUT2D eigenvalue weighted by Crippen LogP contribution is 2.20. The second-order valence-corrected chi connectivity index (χ2v) is 6.42. The molecule has 0 radical (unpaired) electrons. The number of nitrogens with one attached hydrogen (secondary N) is 1. The van der Waals surface area contributed by atoms with Gasteiger partial charge in [0.1, 0.15) is 5.75 Å². The highest BCUT2D eigenvalue weighted by atomic mass is 16.5. The molecule has 0 aromatic heterocycles. The van der Waals surface area contributed by atoms with Gasteiger partial charge in [0, 0.05) is 12.2 Å². The van der Waals surface area contributed by atoms with Crippen molar-refractivity contribution in [1.82, 2.24) is 4.90 Å². The van der Waals surface area contributed by atoms with E-state index >= 15 is 0 Å². The van der Waals surface area contributed by atoms with Crippen LogP contribution in [0, 0.1) is 13.8 Å². The molecule has 0 heterocycles. The number of carbonyl (C=O) groups excluding carboxylic acids is 1. The van der Waals surface area contributed by atoms with Gasteiger partial charge in [0.15, 0.2) is 0 Å². The number of likely N-dealkylation sites (N-methyl/N-ethyl adjacent to an activating group) is 1. The first-order chi connectivity index (χ1) is 11.9. The molecule has 0 aliphatic carbocycles. The van der Waals surface area contributed by atoms with Crippen molar-refractivity contribution in [1.29, 1.82) is 0 Å². The Morgan fingerprint density at radius 2 is 1.72 bits per heavy atom. The fourth-order valence-corrected chi connectivity index (χ4v) is 2.72. The SMILES string of the molecule is CCOc1ccc(CN(C)[C@H](C)C(=O)Nc2c(C)cccc2C)cc1. The van der Waals surface area contributed by atoms with E-state index in [0.717, 1.165) is 28.1 Å². The van der Waals surface area contributed by atoms with Gasteiger partial charge in [-0.2, -0.15) is 0 Å². The van der Waals surface area contributed by atoms with Gasteiger partial charge >= 0.3 is 0 Å². The Morgan fingerprint density at radius 1 is 1.12 bits per heavy atom. The maximum Gasteiger partial charge on any atom is 0.241 e. The summed E-state index contributed by atoms with van der Waals surface area (Å²) in [5.41, 5.74) is 4.22. The average Bonchev–Trinajstić information content (AvgIpc) is 2.59. The van der Waals surface area contributed by atoms with Crippen LogP contribution in [0.25, 0.3) is 0 Å². The summed E-state index contributed by atoms with van der Waals surface area (Å²) >= 11 is 0. The summed E-state index contributed by atoms with van der Waals surface area (Å²) in [7, 11) is 1.96. The Labute approximate surface area is 150 Å². The molecule has 2 aromatic carbocycles. The number of hydrogen-bond acceptors (Lipinski definition) is 3. The molecule has 0 aliphatic rings. The van der Waals surface area contributed by atoms with Crippen LogP contribution in [0.15, 0.2) is 42.5 Å². The molecule has 0 spiro atoms. The standard InChI is InChI=1S/C21H28N2O2/c1-6-25-19-12-10-18(11-13-19)14-23(5)17(4)21(24)22-20-15(2)8-7-9-16(20)3/h7-13,17H,6,14H2,1-5H3,(H,22,24)/t17-/m1/s1. The molecule has 4 heteroatoms. The number of amides is 1. The van der Waals surface area contributed by atoms with Crippen LogP contribution in [0.1, 0.15) is 30.5 Å². The molecule has 2 aromatic rings. The third-order valence-electron chi connectivity index (χ3n) is 4.44. The number of para-hydroxylation sites is 1. The zero-order chi connectivity index (χ0) is 18.4. The van der Waals surface area contributed by atoms with E-state index in [-0.39, 0.29) is 11.9 Å². The second-order valence-electron chi connectivity index (χ2n) is 6.42. The molecule has 1 atom stereocenters. The lowest BCUT2D eigenvalue weighted by molar-refractivity contribution is -0.120. The van der Waals surface area contributed by atoms with Crippen molar-refractivity contribution in [3.8, 4) is 5.75 Å². The quantitative estimate of drug-likeness (QED) is 0.823. The first-order valence-electron chi connectivity index (χ1n) is 8.71. The van der Waals surface area contributed by atoms with Gasteiger partial charge in [-0.15, -0.1) is 0 Å². The molecule has 4 nitrogen and oxygen atoms in total. The van der Waals surface area contributed by atoms with Crippen LogP contribution in [0.3, 0.4) is 0 Å². The first-order valence-corrected chi connectivity index (χ1v) is 8.71. The van der Waals surface area contributed by atoms with E-state index in [9.17, 15) is 4.79 Å². The summed E-state index contributed by atoms with van der Waals surface area (Å²) in [4.78, 5) is 14.7. The highest BCUT2D eigenvalue weighted by Gasteiger charge is 2.19. The molecule has 134 valence electrons. The number of anilines is 1. The Hall–Kier alpha value is -2.33. The topological polar surface area (TPSA) is 41.6 Å². The maximum absolute atomic E-state index is 12.6. The van der Waals surface area contributed by atoms with Crippen molar-refractivity contribution < 1.29 is 9.53 Å². The number of ether oxygens (including phenoxy) is 1. The van der Waals surface area contributed by atoms with Gasteiger partial charge in [0.25, 0.3) is 0 Å². The third-order valence-corrected chi connectivity index (χ3v) is 4.44. The third kappa shape index (κ3) is 5.07. The molecule has 1 amide bonds.